The first-order valence-corrected chi connectivity index (χ1v) is 5.34. The van der Waals surface area contributed by atoms with Gasteiger partial charge in [-0.05, 0) is 20.8 Å². The van der Waals surface area contributed by atoms with Gasteiger partial charge in [-0.2, -0.15) is 0 Å². The van der Waals surface area contributed by atoms with E-state index in [4.69, 9.17) is 16.0 Å². The molecule has 0 spiro atoms. The fourth-order valence-electron chi connectivity index (χ4n) is 0.429. The van der Waals surface area contributed by atoms with Crippen LogP contribution < -0.4 is 0 Å². The van der Waals surface area contributed by atoms with Crippen LogP contribution in [0.5, 0.6) is 0 Å². The minimum atomic E-state index is -0.469. The van der Waals surface area contributed by atoms with Gasteiger partial charge in [-0.25, -0.2) is 0 Å². The number of halogens is 1. The molecule has 0 fully saturated rings. The molecule has 0 aromatic heterocycles. The van der Waals surface area contributed by atoms with Crippen molar-refractivity contribution in [1.82, 2.24) is 0 Å². The topological polar surface area (TPSA) is 9.23 Å². The average molecular weight is 179 g/mol. The molecule has 0 heterocycles. The lowest BCUT2D eigenvalue weighted by Crippen LogP contribution is -2.20. The molecule has 0 unspecified atom stereocenters. The predicted octanol–water partition coefficient (Wildman–Crippen LogP) is 1.64. The van der Waals surface area contributed by atoms with Crippen molar-refractivity contribution in [2.45, 2.75) is 26.4 Å². The van der Waals surface area contributed by atoms with Gasteiger partial charge in [-0.1, -0.05) is 11.8 Å². The van der Waals surface area contributed by atoms with Gasteiger partial charge in [0.2, 0.25) is 0 Å². The third-order valence-electron chi connectivity index (χ3n) is 0.868. The summed E-state index contributed by atoms with van der Waals surface area (Å²) in [5, 5.41) is 0. The fourth-order valence-corrected chi connectivity index (χ4v) is 1.67. The molecule has 0 saturated heterocycles. The van der Waals surface area contributed by atoms with Gasteiger partial charge in [0.05, 0.1) is 0 Å². The quantitative estimate of drug-likeness (QED) is 0.472. The van der Waals surface area contributed by atoms with Gasteiger partial charge in [-0.3, -0.25) is 0 Å². The molecule has 0 bridgehead atoms. The molecule has 0 atom stereocenters. The zero-order valence-electron chi connectivity index (χ0n) is 6.86. The van der Waals surface area contributed by atoms with Crippen LogP contribution in [0.2, 0.25) is 0 Å². The van der Waals surface area contributed by atoms with Crippen molar-refractivity contribution in [3.63, 3.8) is 0 Å². The Morgan fingerprint density at radius 3 is 2.50 bits per heavy atom. The van der Waals surface area contributed by atoms with Crippen LogP contribution in [0.1, 0.15) is 20.8 Å². The van der Waals surface area contributed by atoms with Crippen LogP contribution in [-0.2, 0) is 4.43 Å². The Labute approximate surface area is 70.4 Å². The Morgan fingerprint density at radius 1 is 1.50 bits per heavy atom. The standard InChI is InChI=1S/C7H15ClOSi/c1-7(2,3)9-10-6-4-5-8/h4,6H,5,10H2,1-3H3. The van der Waals surface area contributed by atoms with Gasteiger partial charge in [0.15, 0.2) is 9.76 Å². The van der Waals surface area contributed by atoms with E-state index in [-0.39, 0.29) is 5.60 Å². The minimum absolute atomic E-state index is 0.0167. The highest BCUT2D eigenvalue weighted by Crippen LogP contribution is 2.04. The van der Waals surface area contributed by atoms with E-state index in [9.17, 15) is 0 Å². The molecule has 0 N–H and O–H groups in total. The Balaban J connectivity index is 3.28. The maximum Gasteiger partial charge on any atom is 0.185 e. The summed E-state index contributed by atoms with van der Waals surface area (Å²) in [7, 11) is -0.469. The smallest absolute Gasteiger partial charge is 0.185 e. The summed E-state index contributed by atoms with van der Waals surface area (Å²) in [5.41, 5.74) is 2.08. The molecule has 0 aromatic rings. The molecule has 0 radical (unpaired) electrons. The second-order valence-electron chi connectivity index (χ2n) is 3.05. The summed E-state index contributed by atoms with van der Waals surface area (Å²) in [6, 6.07) is 0. The second kappa shape index (κ2) is 4.94. The van der Waals surface area contributed by atoms with Crippen molar-refractivity contribution in [3.05, 3.63) is 11.8 Å². The van der Waals surface area contributed by atoms with Gasteiger partial charge in [-0.15, -0.1) is 11.6 Å². The first-order chi connectivity index (χ1) is 4.56. The molecular weight excluding hydrogens is 164 g/mol. The Kier molecular flexibility index (Phi) is 5.04. The first-order valence-electron chi connectivity index (χ1n) is 3.41. The lowest BCUT2D eigenvalue weighted by atomic mass is 10.2. The third-order valence-corrected chi connectivity index (χ3v) is 2.60. The van der Waals surface area contributed by atoms with Gasteiger partial charge >= 0.3 is 0 Å². The highest BCUT2D eigenvalue weighted by molar-refractivity contribution is 6.34. The van der Waals surface area contributed by atoms with Crippen LogP contribution in [0.3, 0.4) is 0 Å². The molecule has 0 amide bonds. The number of alkyl halides is 1. The van der Waals surface area contributed by atoms with Crippen molar-refractivity contribution in [2.24, 2.45) is 0 Å². The molecule has 0 aliphatic carbocycles. The van der Waals surface area contributed by atoms with Gasteiger partial charge < -0.3 is 4.43 Å². The summed E-state index contributed by atoms with van der Waals surface area (Å²) in [4.78, 5) is 0. The maximum absolute atomic E-state index is 5.52. The molecule has 0 saturated carbocycles. The monoisotopic (exact) mass is 178 g/mol. The number of rotatable bonds is 3. The van der Waals surface area contributed by atoms with E-state index < -0.39 is 9.76 Å². The van der Waals surface area contributed by atoms with E-state index in [1.165, 1.54) is 0 Å². The van der Waals surface area contributed by atoms with Crippen LogP contribution in [-0.4, -0.2) is 21.2 Å². The minimum Gasteiger partial charge on any atom is -0.415 e. The van der Waals surface area contributed by atoms with Crippen LogP contribution in [0.4, 0.5) is 0 Å². The van der Waals surface area contributed by atoms with Gasteiger partial charge in [0.25, 0.3) is 0 Å². The van der Waals surface area contributed by atoms with Crippen molar-refractivity contribution >= 4 is 21.4 Å². The van der Waals surface area contributed by atoms with Crippen molar-refractivity contribution < 1.29 is 4.43 Å². The van der Waals surface area contributed by atoms with E-state index in [0.717, 1.165) is 0 Å². The van der Waals surface area contributed by atoms with E-state index in [1.54, 1.807) is 0 Å². The van der Waals surface area contributed by atoms with Crippen LogP contribution in [0, 0.1) is 0 Å². The predicted molar refractivity (Wildman–Crippen MR) is 49.2 cm³/mol. The maximum atomic E-state index is 5.52. The van der Waals surface area contributed by atoms with E-state index >= 15 is 0 Å². The summed E-state index contributed by atoms with van der Waals surface area (Å²) >= 11 is 5.43. The zero-order chi connectivity index (χ0) is 8.04. The molecular formula is C7H15ClOSi. The third kappa shape index (κ3) is 8.21. The van der Waals surface area contributed by atoms with Crippen LogP contribution >= 0.6 is 11.6 Å². The van der Waals surface area contributed by atoms with Crippen molar-refractivity contribution in [3.8, 4) is 0 Å². The second-order valence-corrected chi connectivity index (χ2v) is 4.45. The summed E-state index contributed by atoms with van der Waals surface area (Å²) in [5.74, 6) is 0.598. The molecule has 60 valence electrons. The number of hydrogen-bond acceptors (Lipinski definition) is 1. The van der Waals surface area contributed by atoms with Crippen LogP contribution in [0.25, 0.3) is 0 Å². The zero-order valence-corrected chi connectivity index (χ0v) is 9.03. The summed E-state index contributed by atoms with van der Waals surface area (Å²) in [6.45, 7) is 6.19. The van der Waals surface area contributed by atoms with E-state index in [1.807, 2.05) is 6.08 Å². The van der Waals surface area contributed by atoms with E-state index in [0.29, 0.717) is 5.88 Å². The summed E-state index contributed by atoms with van der Waals surface area (Å²) < 4.78 is 5.52. The average Bonchev–Trinajstić information content (AvgIpc) is 1.78. The Bertz CT molecular complexity index is 107. The molecule has 0 aromatic carbocycles. The van der Waals surface area contributed by atoms with Crippen molar-refractivity contribution in [1.29, 1.82) is 0 Å². The molecule has 3 heteroatoms. The highest BCUT2D eigenvalue weighted by atomic mass is 35.5. The molecule has 0 aliphatic heterocycles. The molecule has 10 heavy (non-hydrogen) atoms. The lowest BCUT2D eigenvalue weighted by Gasteiger charge is -2.18. The highest BCUT2D eigenvalue weighted by Gasteiger charge is 2.06. The normalized spacial score (nSPS) is 14.0. The number of allylic oxidation sites excluding steroid dienone is 1. The van der Waals surface area contributed by atoms with Gasteiger partial charge in [0, 0.05) is 11.5 Å². The Morgan fingerprint density at radius 2 is 2.10 bits per heavy atom. The van der Waals surface area contributed by atoms with E-state index in [2.05, 4.69) is 26.5 Å². The number of hydrogen-bond donors (Lipinski definition) is 0. The van der Waals surface area contributed by atoms with Crippen molar-refractivity contribution in [2.75, 3.05) is 5.88 Å². The first kappa shape index (κ1) is 10.2. The summed E-state index contributed by atoms with van der Waals surface area (Å²) in [6.07, 6.45) is 1.94. The van der Waals surface area contributed by atoms with Crippen LogP contribution in [0.15, 0.2) is 11.8 Å². The fraction of sp³-hybridized carbons (Fsp3) is 0.714. The largest absolute Gasteiger partial charge is 0.415 e. The molecule has 1 nitrogen and oxygen atoms in total. The molecule has 0 aliphatic rings. The SMILES string of the molecule is CC(C)(C)O[SiH2]C=CCCl. The van der Waals surface area contributed by atoms with Gasteiger partial charge in [0.1, 0.15) is 0 Å². The Hall–Kier alpha value is 0.207. The lowest BCUT2D eigenvalue weighted by molar-refractivity contribution is 0.141. The molecule has 0 rings (SSSR count).